The Labute approximate surface area is 88.7 Å². The molecule has 0 atom stereocenters. The van der Waals surface area contributed by atoms with E-state index in [0.717, 1.165) is 6.08 Å². The average Bonchev–Trinajstić information content (AvgIpc) is 2.19. The summed E-state index contributed by atoms with van der Waals surface area (Å²) in [4.78, 5) is 10.0. The Kier molecular flexibility index (Phi) is 3.07. The quantitative estimate of drug-likeness (QED) is 0.579. The van der Waals surface area contributed by atoms with Gasteiger partial charge in [0.25, 0.3) is 16.1 Å². The van der Waals surface area contributed by atoms with Gasteiger partial charge in [0.05, 0.1) is 0 Å². The fraction of sp³-hybridized carbons (Fsp3) is 0.300. The van der Waals surface area contributed by atoms with Gasteiger partial charge >= 0.3 is 0 Å². The summed E-state index contributed by atoms with van der Waals surface area (Å²) >= 11 is 0. The van der Waals surface area contributed by atoms with Crippen molar-refractivity contribution in [3.8, 4) is 0 Å². The maximum atomic E-state index is 11.6. The molecule has 1 aromatic rings. The number of carbonyl (C=O) groups excluding carboxylic acids is 1. The van der Waals surface area contributed by atoms with Crippen molar-refractivity contribution >= 4 is 16.1 Å². The SMILES string of the molecule is CC(C)(c1ccccc1)S(=O)(=O)N=C=O. The van der Waals surface area contributed by atoms with Gasteiger partial charge in [0, 0.05) is 0 Å². The molecule has 5 heteroatoms. The zero-order valence-electron chi connectivity index (χ0n) is 8.47. The van der Waals surface area contributed by atoms with E-state index in [9.17, 15) is 13.2 Å². The van der Waals surface area contributed by atoms with Gasteiger partial charge in [0.1, 0.15) is 4.75 Å². The van der Waals surface area contributed by atoms with Gasteiger partial charge in [0.15, 0.2) is 0 Å². The van der Waals surface area contributed by atoms with Crippen LogP contribution in [0.2, 0.25) is 0 Å². The molecule has 0 heterocycles. The minimum atomic E-state index is -3.86. The number of rotatable bonds is 3. The first kappa shape index (κ1) is 11.6. The lowest BCUT2D eigenvalue weighted by Gasteiger charge is -2.21. The van der Waals surface area contributed by atoms with Crippen LogP contribution in [0.5, 0.6) is 0 Å². The van der Waals surface area contributed by atoms with Gasteiger partial charge in [0.2, 0.25) is 0 Å². The van der Waals surface area contributed by atoms with E-state index in [1.165, 1.54) is 13.8 Å². The molecule has 0 bridgehead atoms. The van der Waals surface area contributed by atoms with Gasteiger partial charge in [-0.25, -0.2) is 13.2 Å². The fourth-order valence-electron chi connectivity index (χ4n) is 1.15. The molecule has 0 radical (unpaired) electrons. The van der Waals surface area contributed by atoms with Crippen LogP contribution in [0.3, 0.4) is 0 Å². The maximum absolute atomic E-state index is 11.6. The second-order valence-electron chi connectivity index (χ2n) is 3.53. The number of hydrogen-bond acceptors (Lipinski definition) is 3. The second-order valence-corrected chi connectivity index (χ2v) is 5.69. The highest BCUT2D eigenvalue weighted by Crippen LogP contribution is 2.30. The van der Waals surface area contributed by atoms with Crippen molar-refractivity contribution in [2.24, 2.45) is 4.40 Å². The molecule has 1 rings (SSSR count). The Balaban J connectivity index is 3.31. The van der Waals surface area contributed by atoms with E-state index < -0.39 is 14.8 Å². The Morgan fingerprint density at radius 3 is 2.20 bits per heavy atom. The van der Waals surface area contributed by atoms with Crippen molar-refractivity contribution in [1.29, 1.82) is 0 Å². The lowest BCUT2D eigenvalue weighted by molar-refractivity contribution is 0.550. The molecule has 0 aliphatic rings. The van der Waals surface area contributed by atoms with Crippen LogP contribution < -0.4 is 0 Å². The van der Waals surface area contributed by atoms with Crippen LogP contribution in [0, 0.1) is 0 Å². The number of hydrogen-bond donors (Lipinski definition) is 0. The molecule has 0 fully saturated rings. The Hall–Kier alpha value is -1.45. The Morgan fingerprint density at radius 2 is 1.73 bits per heavy atom. The van der Waals surface area contributed by atoms with Crippen LogP contribution in [0.1, 0.15) is 19.4 Å². The topological polar surface area (TPSA) is 63.6 Å². The van der Waals surface area contributed by atoms with Gasteiger partial charge in [-0.3, -0.25) is 0 Å². The third-order valence-electron chi connectivity index (χ3n) is 2.27. The molecule has 15 heavy (non-hydrogen) atoms. The summed E-state index contributed by atoms with van der Waals surface area (Å²) in [5, 5.41) is 0. The minimum Gasteiger partial charge on any atom is -0.210 e. The molecule has 4 nitrogen and oxygen atoms in total. The lowest BCUT2D eigenvalue weighted by Crippen LogP contribution is -2.27. The molecule has 0 unspecified atom stereocenters. The predicted molar refractivity (Wildman–Crippen MR) is 56.5 cm³/mol. The highest BCUT2D eigenvalue weighted by atomic mass is 32.2. The van der Waals surface area contributed by atoms with Crippen LogP contribution in [0.4, 0.5) is 0 Å². The van der Waals surface area contributed by atoms with Crippen molar-refractivity contribution in [2.45, 2.75) is 18.6 Å². The molecule has 0 N–H and O–H groups in total. The zero-order chi connectivity index (χ0) is 11.5. The Bertz CT molecular complexity index is 485. The molecule has 0 saturated heterocycles. The first-order valence-electron chi connectivity index (χ1n) is 4.31. The van der Waals surface area contributed by atoms with Gasteiger partial charge in [-0.2, -0.15) is 0 Å². The molecule has 0 aliphatic heterocycles. The minimum absolute atomic E-state index is 0.587. The van der Waals surface area contributed by atoms with Crippen LogP contribution in [-0.2, 0) is 19.6 Å². The average molecular weight is 225 g/mol. The van der Waals surface area contributed by atoms with Crippen LogP contribution in [0.15, 0.2) is 34.7 Å². The summed E-state index contributed by atoms with van der Waals surface area (Å²) in [7, 11) is -3.86. The number of nitrogens with zero attached hydrogens (tertiary/aromatic N) is 1. The largest absolute Gasteiger partial charge is 0.272 e. The van der Waals surface area contributed by atoms with E-state index in [1.54, 1.807) is 30.3 Å². The highest BCUT2D eigenvalue weighted by molar-refractivity contribution is 7.91. The van der Waals surface area contributed by atoms with E-state index in [-0.39, 0.29) is 0 Å². The van der Waals surface area contributed by atoms with E-state index >= 15 is 0 Å². The van der Waals surface area contributed by atoms with Crippen molar-refractivity contribution in [3.05, 3.63) is 35.9 Å². The lowest BCUT2D eigenvalue weighted by atomic mass is 10.0. The standard InChI is InChI=1S/C10H11NO3S/c1-10(2,15(13,14)11-8-12)9-6-4-3-5-7-9/h3-7H,1-2H3. The Morgan fingerprint density at radius 1 is 1.20 bits per heavy atom. The van der Waals surface area contributed by atoms with Gasteiger partial charge in [-0.1, -0.05) is 34.7 Å². The highest BCUT2D eigenvalue weighted by Gasteiger charge is 2.35. The summed E-state index contributed by atoms with van der Waals surface area (Å²) in [6.07, 6.45) is 1.07. The molecular formula is C10H11NO3S. The van der Waals surface area contributed by atoms with Crippen molar-refractivity contribution in [2.75, 3.05) is 0 Å². The van der Waals surface area contributed by atoms with E-state index in [2.05, 4.69) is 4.40 Å². The summed E-state index contributed by atoms with van der Waals surface area (Å²) in [5.74, 6) is 0. The predicted octanol–water partition coefficient (Wildman–Crippen LogP) is 1.59. The van der Waals surface area contributed by atoms with E-state index in [0.29, 0.717) is 5.56 Å². The van der Waals surface area contributed by atoms with Crippen LogP contribution in [-0.4, -0.2) is 14.5 Å². The number of benzene rings is 1. The smallest absolute Gasteiger partial charge is 0.210 e. The molecular weight excluding hydrogens is 214 g/mol. The maximum Gasteiger partial charge on any atom is 0.272 e. The first-order valence-corrected chi connectivity index (χ1v) is 5.75. The molecule has 0 aromatic heterocycles. The molecule has 0 saturated carbocycles. The number of isocyanates is 1. The third-order valence-corrected chi connectivity index (χ3v) is 4.11. The summed E-state index contributed by atoms with van der Waals surface area (Å²) in [6, 6.07) is 8.61. The molecule has 0 spiro atoms. The summed E-state index contributed by atoms with van der Waals surface area (Å²) in [6.45, 7) is 3.00. The van der Waals surface area contributed by atoms with Crippen LogP contribution in [0.25, 0.3) is 0 Å². The zero-order valence-corrected chi connectivity index (χ0v) is 9.28. The van der Waals surface area contributed by atoms with E-state index in [1.807, 2.05) is 0 Å². The van der Waals surface area contributed by atoms with Crippen molar-refractivity contribution < 1.29 is 13.2 Å². The molecule has 0 amide bonds. The fourth-order valence-corrected chi connectivity index (χ4v) is 1.91. The van der Waals surface area contributed by atoms with Gasteiger partial charge in [-0.05, 0) is 19.4 Å². The van der Waals surface area contributed by atoms with Crippen molar-refractivity contribution in [3.63, 3.8) is 0 Å². The molecule has 0 aliphatic carbocycles. The normalized spacial score (nSPS) is 11.9. The van der Waals surface area contributed by atoms with Crippen molar-refractivity contribution in [1.82, 2.24) is 0 Å². The van der Waals surface area contributed by atoms with Gasteiger partial charge < -0.3 is 0 Å². The molecule has 80 valence electrons. The first-order chi connectivity index (χ1) is 6.92. The third kappa shape index (κ3) is 2.14. The monoisotopic (exact) mass is 225 g/mol. The summed E-state index contributed by atoms with van der Waals surface area (Å²) in [5.41, 5.74) is 0.587. The second kappa shape index (κ2) is 3.96. The van der Waals surface area contributed by atoms with Crippen LogP contribution >= 0.6 is 0 Å². The number of sulfonamides is 1. The molecule has 1 aromatic carbocycles. The summed E-state index contributed by atoms with van der Waals surface area (Å²) < 4.78 is 24.9. The van der Waals surface area contributed by atoms with E-state index in [4.69, 9.17) is 0 Å². The van der Waals surface area contributed by atoms with Gasteiger partial charge in [-0.15, -0.1) is 0 Å².